The Hall–Kier alpha value is -2.21. The maximum atomic E-state index is 12.0. The van der Waals surface area contributed by atoms with Crippen LogP contribution >= 0.6 is 12.2 Å². The average molecular weight is 288 g/mol. The monoisotopic (exact) mass is 288 g/mol. The van der Waals surface area contributed by atoms with E-state index in [0.717, 1.165) is 16.8 Å². The molecule has 1 aromatic heterocycles. The first-order valence-corrected chi connectivity index (χ1v) is 6.56. The molecule has 1 heterocycles. The van der Waals surface area contributed by atoms with Crippen molar-refractivity contribution in [1.29, 1.82) is 0 Å². The fourth-order valence-corrected chi connectivity index (χ4v) is 2.02. The number of thiocarbonyl (C=S) groups is 1. The summed E-state index contributed by atoms with van der Waals surface area (Å²) in [7, 11) is 1.79. The number of carbonyl (C=O) groups excluding carboxylic acids is 1. The second kappa shape index (κ2) is 5.83. The molecule has 20 heavy (non-hydrogen) atoms. The molecule has 0 atom stereocenters. The number of nitrogens with two attached hydrogens (primary N) is 1. The molecule has 0 fully saturated rings. The molecule has 3 N–H and O–H groups in total. The lowest BCUT2D eigenvalue weighted by molar-refractivity contribution is -0.115. The largest absolute Gasteiger partial charge is 0.389 e. The molecule has 0 bridgehead atoms. The van der Waals surface area contributed by atoms with Crippen LogP contribution in [0.25, 0.3) is 0 Å². The zero-order valence-corrected chi connectivity index (χ0v) is 12.2. The lowest BCUT2D eigenvalue weighted by Crippen LogP contribution is -2.16. The highest BCUT2D eigenvalue weighted by Gasteiger charge is 2.08. The Morgan fingerprint density at radius 2 is 2.05 bits per heavy atom. The first-order chi connectivity index (χ1) is 9.45. The molecule has 5 nitrogen and oxygen atoms in total. The van der Waals surface area contributed by atoms with E-state index in [2.05, 4.69) is 10.4 Å². The molecular weight excluding hydrogens is 272 g/mol. The van der Waals surface area contributed by atoms with E-state index in [0.29, 0.717) is 17.2 Å². The van der Waals surface area contributed by atoms with E-state index < -0.39 is 0 Å². The molecule has 104 valence electrons. The third kappa shape index (κ3) is 3.42. The van der Waals surface area contributed by atoms with Crippen LogP contribution in [0.5, 0.6) is 0 Å². The van der Waals surface area contributed by atoms with Crippen molar-refractivity contribution in [3.8, 4) is 0 Å². The number of hydrogen-bond donors (Lipinski definition) is 2. The molecule has 0 spiro atoms. The van der Waals surface area contributed by atoms with E-state index in [-0.39, 0.29) is 5.91 Å². The number of carbonyl (C=O) groups is 1. The van der Waals surface area contributed by atoms with Crippen molar-refractivity contribution in [2.24, 2.45) is 12.8 Å². The third-order valence-electron chi connectivity index (χ3n) is 2.87. The first kappa shape index (κ1) is 14.2. The van der Waals surface area contributed by atoms with Gasteiger partial charge in [0, 0.05) is 18.7 Å². The minimum absolute atomic E-state index is 0.0870. The van der Waals surface area contributed by atoms with Crippen LogP contribution < -0.4 is 11.1 Å². The van der Waals surface area contributed by atoms with Gasteiger partial charge < -0.3 is 11.1 Å². The van der Waals surface area contributed by atoms with Crippen molar-refractivity contribution in [3.05, 3.63) is 47.2 Å². The Kier molecular flexibility index (Phi) is 4.14. The minimum Gasteiger partial charge on any atom is -0.389 e. The second-order valence-corrected chi connectivity index (χ2v) is 5.02. The fraction of sp³-hybridized carbons (Fsp3) is 0.214. The Morgan fingerprint density at radius 1 is 1.40 bits per heavy atom. The normalized spacial score (nSPS) is 10.3. The average Bonchev–Trinajstić information content (AvgIpc) is 2.68. The van der Waals surface area contributed by atoms with E-state index in [9.17, 15) is 4.79 Å². The summed E-state index contributed by atoms with van der Waals surface area (Å²) in [6, 6.07) is 9.16. The van der Waals surface area contributed by atoms with E-state index in [1.165, 1.54) is 0 Å². The highest BCUT2D eigenvalue weighted by Crippen LogP contribution is 2.10. The van der Waals surface area contributed by atoms with Gasteiger partial charge in [-0.05, 0) is 12.5 Å². The number of nitrogens with zero attached hydrogens (tertiary/aromatic N) is 2. The lowest BCUT2D eigenvalue weighted by Gasteiger charge is -2.06. The quantitative estimate of drug-likeness (QED) is 0.837. The van der Waals surface area contributed by atoms with Crippen LogP contribution in [0, 0.1) is 6.92 Å². The molecular formula is C14H16N4OS. The van der Waals surface area contributed by atoms with Crippen molar-refractivity contribution < 1.29 is 4.79 Å². The molecule has 0 unspecified atom stereocenters. The van der Waals surface area contributed by atoms with E-state index >= 15 is 0 Å². The SMILES string of the molecule is Cc1cc(NC(=O)Cc2ccc(C(N)=S)cc2)n(C)n1. The third-order valence-corrected chi connectivity index (χ3v) is 3.11. The molecule has 1 aromatic carbocycles. The number of amides is 1. The van der Waals surface area contributed by atoms with Crippen molar-refractivity contribution in [2.75, 3.05) is 5.32 Å². The Bertz CT molecular complexity index is 646. The molecule has 0 saturated carbocycles. The van der Waals surface area contributed by atoms with Gasteiger partial charge in [0.05, 0.1) is 12.1 Å². The fourth-order valence-electron chi connectivity index (χ4n) is 1.89. The molecule has 6 heteroatoms. The highest BCUT2D eigenvalue weighted by molar-refractivity contribution is 7.80. The lowest BCUT2D eigenvalue weighted by atomic mass is 10.1. The number of rotatable bonds is 4. The standard InChI is InChI=1S/C14H16N4OS/c1-9-7-12(18(2)17-9)16-13(19)8-10-3-5-11(6-4-10)14(15)20/h3-7H,8H2,1-2H3,(H2,15,20)(H,16,19). The number of hydrogen-bond acceptors (Lipinski definition) is 3. The minimum atomic E-state index is -0.0870. The number of benzene rings is 1. The molecule has 0 saturated heterocycles. The van der Waals surface area contributed by atoms with E-state index in [4.69, 9.17) is 18.0 Å². The van der Waals surface area contributed by atoms with E-state index in [1.54, 1.807) is 11.7 Å². The molecule has 0 radical (unpaired) electrons. The van der Waals surface area contributed by atoms with Gasteiger partial charge in [-0.15, -0.1) is 0 Å². The predicted molar refractivity (Wildman–Crippen MR) is 82.6 cm³/mol. The highest BCUT2D eigenvalue weighted by atomic mass is 32.1. The van der Waals surface area contributed by atoms with Crippen molar-refractivity contribution in [2.45, 2.75) is 13.3 Å². The summed E-state index contributed by atoms with van der Waals surface area (Å²) in [6.45, 7) is 1.88. The molecule has 2 aromatic rings. The smallest absolute Gasteiger partial charge is 0.229 e. The maximum Gasteiger partial charge on any atom is 0.229 e. The van der Waals surface area contributed by atoms with Crippen molar-refractivity contribution in [1.82, 2.24) is 9.78 Å². The summed E-state index contributed by atoms with van der Waals surface area (Å²) in [6.07, 6.45) is 0.293. The summed E-state index contributed by atoms with van der Waals surface area (Å²) in [5.74, 6) is 0.600. The zero-order chi connectivity index (χ0) is 14.7. The van der Waals surface area contributed by atoms with Crippen LogP contribution in [0.4, 0.5) is 5.82 Å². The number of aromatic nitrogens is 2. The number of nitrogens with one attached hydrogen (secondary N) is 1. The van der Waals surface area contributed by atoms with Crippen LogP contribution in [0.1, 0.15) is 16.8 Å². The van der Waals surface area contributed by atoms with Gasteiger partial charge in [-0.2, -0.15) is 5.10 Å². The summed E-state index contributed by atoms with van der Waals surface area (Å²) in [5, 5.41) is 7.00. The van der Waals surface area contributed by atoms with Crippen LogP contribution in [-0.4, -0.2) is 20.7 Å². The van der Waals surface area contributed by atoms with Gasteiger partial charge in [0.1, 0.15) is 10.8 Å². The molecule has 1 amide bonds. The van der Waals surface area contributed by atoms with Gasteiger partial charge in [0.25, 0.3) is 0 Å². The van der Waals surface area contributed by atoms with Gasteiger partial charge in [-0.1, -0.05) is 36.5 Å². The van der Waals surface area contributed by atoms with Crippen LogP contribution in [0.15, 0.2) is 30.3 Å². The summed E-state index contributed by atoms with van der Waals surface area (Å²) < 4.78 is 1.64. The number of aryl methyl sites for hydroxylation is 2. The Labute approximate surface area is 122 Å². The van der Waals surface area contributed by atoms with Gasteiger partial charge in [0.2, 0.25) is 5.91 Å². The summed E-state index contributed by atoms with van der Waals surface area (Å²) >= 11 is 4.89. The Morgan fingerprint density at radius 3 is 2.55 bits per heavy atom. The molecule has 0 aliphatic carbocycles. The molecule has 0 aliphatic heterocycles. The number of anilines is 1. The van der Waals surface area contributed by atoms with Gasteiger partial charge in [-0.3, -0.25) is 9.48 Å². The maximum absolute atomic E-state index is 12.0. The molecule has 2 rings (SSSR count). The van der Waals surface area contributed by atoms with Gasteiger partial charge in [0.15, 0.2) is 0 Å². The van der Waals surface area contributed by atoms with Crippen molar-refractivity contribution in [3.63, 3.8) is 0 Å². The Balaban J connectivity index is 2.01. The second-order valence-electron chi connectivity index (χ2n) is 4.58. The van der Waals surface area contributed by atoms with Gasteiger partial charge >= 0.3 is 0 Å². The summed E-state index contributed by atoms with van der Waals surface area (Å²) in [4.78, 5) is 12.3. The van der Waals surface area contributed by atoms with Crippen LogP contribution in [-0.2, 0) is 18.3 Å². The van der Waals surface area contributed by atoms with Gasteiger partial charge in [-0.25, -0.2) is 0 Å². The molecule has 0 aliphatic rings. The van der Waals surface area contributed by atoms with Crippen molar-refractivity contribution >= 4 is 28.9 Å². The van der Waals surface area contributed by atoms with E-state index in [1.807, 2.05) is 37.3 Å². The van der Waals surface area contributed by atoms with Crippen LogP contribution in [0.2, 0.25) is 0 Å². The first-order valence-electron chi connectivity index (χ1n) is 6.15. The zero-order valence-electron chi connectivity index (χ0n) is 11.4. The van der Waals surface area contributed by atoms with Crippen LogP contribution in [0.3, 0.4) is 0 Å². The topological polar surface area (TPSA) is 72.9 Å². The summed E-state index contributed by atoms with van der Waals surface area (Å²) in [5.41, 5.74) is 8.09. The predicted octanol–water partition coefficient (Wildman–Crippen LogP) is 1.54.